The number of benzene rings is 1. The molecule has 11 nitrogen and oxygen atoms in total. The second kappa shape index (κ2) is 15.3. The molecule has 3 rings (SSSR count). The number of nitrogens with two attached hydrogens (primary N) is 1. The number of alkyl halides is 3. The summed E-state index contributed by atoms with van der Waals surface area (Å²) in [6.45, 7) is 10.6. The highest BCUT2D eigenvalue weighted by Gasteiger charge is 2.47. The lowest BCUT2D eigenvalue weighted by atomic mass is 9.85. The summed E-state index contributed by atoms with van der Waals surface area (Å²) in [6, 6.07) is 12.8. The Bertz CT molecular complexity index is 1730. The van der Waals surface area contributed by atoms with Crippen LogP contribution < -0.4 is 15.5 Å². The number of carboxylic acid groups (broad SMARTS) is 1. The molecule has 2 unspecified atom stereocenters. The van der Waals surface area contributed by atoms with Gasteiger partial charge in [-0.1, -0.05) is 58.4 Å². The molecule has 0 aliphatic rings. The van der Waals surface area contributed by atoms with Crippen LogP contribution >= 0.6 is 0 Å². The molecule has 0 aliphatic carbocycles. The lowest BCUT2D eigenvalue weighted by molar-refractivity contribution is -0.141. The summed E-state index contributed by atoms with van der Waals surface area (Å²) in [4.78, 5) is 34.5. The first-order chi connectivity index (χ1) is 23.0. The summed E-state index contributed by atoms with van der Waals surface area (Å²) in [7, 11) is -4.58. The number of sulfone groups is 1. The van der Waals surface area contributed by atoms with Crippen LogP contribution in [0.1, 0.15) is 72.6 Å². The third-order valence-electron chi connectivity index (χ3n) is 7.63. The fourth-order valence-electron chi connectivity index (χ4n) is 5.31. The number of carbonyl (C=O) groups excluding carboxylic acids is 1. The van der Waals surface area contributed by atoms with Gasteiger partial charge in [0.25, 0.3) is 0 Å². The monoisotopic (exact) mass is 721 g/mol. The SMILES string of the molecule is CCCCN(CC(F)(F)F)c1ccc(CC(N)(c2cccc(N(C(=O)OC(C)(C)C)C(C(=O)O)C(C)(C)C)n2)S(=O)(=O)c2ccccn2)cc1. The van der Waals surface area contributed by atoms with E-state index in [0.29, 0.717) is 24.1 Å². The van der Waals surface area contributed by atoms with Crippen LogP contribution in [-0.4, -0.2) is 66.5 Å². The van der Waals surface area contributed by atoms with E-state index < -0.39 is 63.0 Å². The average Bonchev–Trinajstić information content (AvgIpc) is 3.00. The summed E-state index contributed by atoms with van der Waals surface area (Å²) >= 11 is 0. The fourth-order valence-corrected chi connectivity index (χ4v) is 6.89. The molecule has 2 aromatic heterocycles. The van der Waals surface area contributed by atoms with Crippen LogP contribution in [-0.2, 0) is 30.7 Å². The lowest BCUT2D eigenvalue weighted by Crippen LogP contribution is -2.54. The van der Waals surface area contributed by atoms with Crippen molar-refractivity contribution in [3.63, 3.8) is 0 Å². The standard InChI is InChI=1S/C35H46F3N5O6S/c1-8-9-21-42(23-35(36,37)38)25-18-16-24(17-19-25)22-34(39,50(47,48)28-15-10-11-20-40-28)26-13-12-14-27(41-26)43(31(46)49-33(5,6)7)29(30(44)45)32(2,3)4/h10-20,29H,8-9,21-23,39H2,1-7H3,(H,44,45). The first-order valence-electron chi connectivity index (χ1n) is 16.1. The zero-order valence-corrected chi connectivity index (χ0v) is 30.2. The van der Waals surface area contributed by atoms with Gasteiger partial charge in [-0.25, -0.2) is 32.9 Å². The van der Waals surface area contributed by atoms with Gasteiger partial charge in [-0.15, -0.1) is 0 Å². The highest BCUT2D eigenvalue weighted by Crippen LogP contribution is 2.36. The van der Waals surface area contributed by atoms with E-state index in [4.69, 9.17) is 10.5 Å². The minimum Gasteiger partial charge on any atom is -0.480 e. The number of rotatable bonds is 13. The van der Waals surface area contributed by atoms with Gasteiger partial charge in [0.15, 0.2) is 9.90 Å². The topological polar surface area (TPSA) is 156 Å². The summed E-state index contributed by atoms with van der Waals surface area (Å²) in [5.74, 6) is -1.58. The molecule has 0 bridgehead atoms. The zero-order chi connectivity index (χ0) is 37.7. The second-order valence-corrected chi connectivity index (χ2v) is 16.3. The van der Waals surface area contributed by atoms with Crippen molar-refractivity contribution >= 4 is 33.4 Å². The molecule has 2 heterocycles. The predicted molar refractivity (Wildman–Crippen MR) is 184 cm³/mol. The van der Waals surface area contributed by atoms with E-state index in [1.807, 2.05) is 6.92 Å². The van der Waals surface area contributed by atoms with Crippen molar-refractivity contribution in [3.05, 3.63) is 78.1 Å². The van der Waals surface area contributed by atoms with Gasteiger partial charge < -0.3 is 20.5 Å². The zero-order valence-electron chi connectivity index (χ0n) is 29.4. The molecule has 0 fully saturated rings. The number of amides is 1. The van der Waals surface area contributed by atoms with Crippen molar-refractivity contribution in [1.29, 1.82) is 0 Å². The minimum atomic E-state index is -4.58. The van der Waals surface area contributed by atoms with Crippen molar-refractivity contribution in [2.24, 2.45) is 11.1 Å². The van der Waals surface area contributed by atoms with E-state index in [1.165, 1.54) is 71.8 Å². The maximum Gasteiger partial charge on any atom is 0.416 e. The molecule has 1 aromatic carbocycles. The van der Waals surface area contributed by atoms with Gasteiger partial charge in [0.2, 0.25) is 9.84 Å². The van der Waals surface area contributed by atoms with Gasteiger partial charge in [0.1, 0.15) is 24.0 Å². The van der Waals surface area contributed by atoms with E-state index >= 15 is 0 Å². The summed E-state index contributed by atoms with van der Waals surface area (Å²) in [6.07, 6.45) is -3.37. The van der Waals surface area contributed by atoms with Crippen LogP contribution in [0.25, 0.3) is 0 Å². The molecule has 0 radical (unpaired) electrons. The van der Waals surface area contributed by atoms with Crippen molar-refractivity contribution in [3.8, 4) is 0 Å². The van der Waals surface area contributed by atoms with Crippen LogP contribution in [0.4, 0.5) is 29.5 Å². The largest absolute Gasteiger partial charge is 0.480 e. The van der Waals surface area contributed by atoms with Gasteiger partial charge in [0, 0.05) is 24.8 Å². The van der Waals surface area contributed by atoms with Crippen LogP contribution in [0.5, 0.6) is 0 Å². The molecule has 3 aromatic rings. The molecule has 0 saturated carbocycles. The van der Waals surface area contributed by atoms with Crippen LogP contribution in [0.3, 0.4) is 0 Å². The number of halogens is 3. The number of unbranched alkanes of at least 4 members (excludes halogenated alkanes) is 1. The summed E-state index contributed by atoms with van der Waals surface area (Å²) < 4.78 is 74.4. The molecule has 274 valence electrons. The molecule has 50 heavy (non-hydrogen) atoms. The number of carbonyl (C=O) groups is 2. The van der Waals surface area contributed by atoms with Gasteiger partial charge in [-0.05, 0) is 74.6 Å². The molecule has 1 amide bonds. The molecule has 15 heteroatoms. The average molecular weight is 722 g/mol. The molecule has 2 atom stereocenters. The van der Waals surface area contributed by atoms with E-state index in [1.54, 1.807) is 41.5 Å². The Morgan fingerprint density at radius 3 is 2.10 bits per heavy atom. The number of nitrogens with zero attached hydrogens (tertiary/aromatic N) is 4. The minimum absolute atomic E-state index is 0.168. The number of pyridine rings is 2. The van der Waals surface area contributed by atoms with E-state index in [-0.39, 0.29) is 23.1 Å². The molecular formula is C35H46F3N5O6S. The molecule has 0 saturated heterocycles. The highest BCUT2D eigenvalue weighted by molar-refractivity contribution is 7.92. The molecule has 3 N–H and O–H groups in total. The Morgan fingerprint density at radius 2 is 1.60 bits per heavy atom. The van der Waals surface area contributed by atoms with Crippen molar-refractivity contribution in [2.75, 3.05) is 22.9 Å². The van der Waals surface area contributed by atoms with Crippen LogP contribution in [0.15, 0.2) is 71.9 Å². The number of aliphatic carboxylic acids is 1. The number of anilines is 2. The van der Waals surface area contributed by atoms with Gasteiger partial charge >= 0.3 is 18.2 Å². The summed E-state index contributed by atoms with van der Waals surface area (Å²) in [5.41, 5.74) is 5.22. The number of carboxylic acids is 1. The van der Waals surface area contributed by atoms with Gasteiger partial charge in [-0.2, -0.15) is 13.2 Å². The molecule has 0 spiro atoms. The number of aromatic nitrogens is 2. The van der Waals surface area contributed by atoms with Gasteiger partial charge in [0.05, 0.1) is 5.69 Å². The Balaban J connectivity index is 2.22. The van der Waals surface area contributed by atoms with Gasteiger partial charge in [-0.3, -0.25) is 0 Å². The van der Waals surface area contributed by atoms with Crippen LogP contribution in [0.2, 0.25) is 0 Å². The second-order valence-electron chi connectivity index (χ2n) is 14.1. The number of hydrogen-bond acceptors (Lipinski definition) is 9. The van der Waals surface area contributed by atoms with E-state index in [2.05, 4.69) is 9.97 Å². The first kappa shape index (κ1) is 40.2. The highest BCUT2D eigenvalue weighted by atomic mass is 32.2. The number of hydrogen-bond donors (Lipinski definition) is 2. The van der Waals surface area contributed by atoms with Crippen molar-refractivity contribution in [2.45, 2.75) is 95.4 Å². The molecular weight excluding hydrogens is 675 g/mol. The third kappa shape index (κ3) is 9.93. The van der Waals surface area contributed by atoms with Crippen molar-refractivity contribution in [1.82, 2.24) is 9.97 Å². The third-order valence-corrected chi connectivity index (χ3v) is 9.73. The van der Waals surface area contributed by atoms with E-state index in [9.17, 15) is 36.3 Å². The van der Waals surface area contributed by atoms with Crippen LogP contribution in [0, 0.1) is 5.41 Å². The predicted octanol–water partition coefficient (Wildman–Crippen LogP) is 6.71. The smallest absolute Gasteiger partial charge is 0.416 e. The summed E-state index contributed by atoms with van der Waals surface area (Å²) in [5, 5.41) is 9.92. The molecule has 0 aliphatic heterocycles. The Kier molecular flexibility index (Phi) is 12.3. The normalized spacial score (nSPS) is 14.4. The Hall–Kier alpha value is -4.24. The maximum atomic E-state index is 14.4. The quantitative estimate of drug-likeness (QED) is 0.194. The Morgan fingerprint density at radius 1 is 0.960 bits per heavy atom. The van der Waals surface area contributed by atoms with E-state index in [0.717, 1.165) is 4.90 Å². The van der Waals surface area contributed by atoms with Crippen molar-refractivity contribution < 1.29 is 41.0 Å². The maximum absolute atomic E-state index is 14.4. The first-order valence-corrected chi connectivity index (χ1v) is 17.6. The lowest BCUT2D eigenvalue weighted by Gasteiger charge is -2.37. The fraction of sp³-hybridized carbons (Fsp3) is 0.486. The Labute approximate surface area is 291 Å². The number of ether oxygens (including phenoxy) is 1.